The van der Waals surface area contributed by atoms with Crippen LogP contribution in [0.2, 0.25) is 0 Å². The summed E-state index contributed by atoms with van der Waals surface area (Å²) in [5.41, 5.74) is 3.42. The van der Waals surface area contributed by atoms with Gasteiger partial charge in [0.15, 0.2) is 11.5 Å². The van der Waals surface area contributed by atoms with Crippen molar-refractivity contribution in [2.75, 3.05) is 20.3 Å². The number of halogens is 1. The summed E-state index contributed by atoms with van der Waals surface area (Å²) < 4.78 is 53.5. The minimum Gasteiger partial charge on any atom is -0.493 e. The van der Waals surface area contributed by atoms with Gasteiger partial charge in [0.25, 0.3) is 0 Å². The maximum atomic E-state index is 13.7. The number of sulfonamides is 1. The van der Waals surface area contributed by atoms with E-state index in [0.29, 0.717) is 49.5 Å². The van der Waals surface area contributed by atoms with Gasteiger partial charge < -0.3 is 14.8 Å². The highest BCUT2D eigenvalue weighted by atomic mass is 32.2. The Morgan fingerprint density at radius 1 is 1.16 bits per heavy atom. The highest BCUT2D eigenvalue weighted by Gasteiger charge is 2.36. The zero-order valence-corrected chi connectivity index (χ0v) is 22.4. The monoisotopic (exact) mass is 547 g/mol. The molecule has 37 heavy (non-hydrogen) atoms. The van der Waals surface area contributed by atoms with E-state index < -0.39 is 21.9 Å². The molecule has 11 heteroatoms. The Morgan fingerprint density at radius 3 is 2.65 bits per heavy atom. The summed E-state index contributed by atoms with van der Waals surface area (Å²) >= 11 is 1.58. The number of carbonyl (C=O) groups is 1. The quantitative estimate of drug-likeness (QED) is 0.411. The van der Waals surface area contributed by atoms with Crippen molar-refractivity contribution in [1.82, 2.24) is 14.6 Å². The second-order valence-corrected chi connectivity index (χ2v) is 11.6. The fourth-order valence-corrected chi connectivity index (χ4v) is 6.60. The van der Waals surface area contributed by atoms with Crippen LogP contribution in [0.5, 0.6) is 11.5 Å². The Morgan fingerprint density at radius 2 is 1.95 bits per heavy atom. The molecule has 0 saturated carbocycles. The first-order chi connectivity index (χ1) is 17.8. The Hall–Kier alpha value is -3.02. The Balaban J connectivity index is 1.59. The second kappa shape index (κ2) is 12.0. The molecule has 1 aliphatic heterocycles. The van der Waals surface area contributed by atoms with Crippen LogP contribution in [-0.2, 0) is 27.8 Å². The highest BCUT2D eigenvalue weighted by molar-refractivity contribution is 7.89. The summed E-state index contributed by atoms with van der Waals surface area (Å²) in [4.78, 5) is 18.2. The number of hydrogen-bond acceptors (Lipinski definition) is 7. The summed E-state index contributed by atoms with van der Waals surface area (Å²) in [6, 6.07) is 8.96. The van der Waals surface area contributed by atoms with E-state index >= 15 is 0 Å². The van der Waals surface area contributed by atoms with Crippen molar-refractivity contribution in [3.05, 3.63) is 69.9 Å². The molecule has 1 aromatic heterocycles. The molecule has 3 aromatic rings. The summed E-state index contributed by atoms with van der Waals surface area (Å²) in [5.74, 6) is 0.119. The molecule has 1 N–H and O–H groups in total. The van der Waals surface area contributed by atoms with Crippen LogP contribution in [0.4, 0.5) is 4.39 Å². The lowest BCUT2D eigenvalue weighted by Crippen LogP contribution is -2.48. The van der Waals surface area contributed by atoms with Crippen LogP contribution in [-0.4, -0.2) is 49.9 Å². The lowest BCUT2D eigenvalue weighted by Gasteiger charge is -2.29. The largest absolute Gasteiger partial charge is 0.493 e. The molecule has 2 aromatic carbocycles. The zero-order chi connectivity index (χ0) is 26.4. The third-order valence-electron chi connectivity index (χ3n) is 6.27. The summed E-state index contributed by atoms with van der Waals surface area (Å²) in [6.07, 6.45) is 2.57. The van der Waals surface area contributed by atoms with Gasteiger partial charge in [-0.25, -0.2) is 17.8 Å². The van der Waals surface area contributed by atoms with E-state index in [4.69, 9.17) is 9.47 Å². The number of ether oxygens (including phenoxy) is 2. The molecular weight excluding hydrogens is 517 g/mol. The van der Waals surface area contributed by atoms with Crippen molar-refractivity contribution in [3.63, 3.8) is 0 Å². The van der Waals surface area contributed by atoms with Gasteiger partial charge in [0.1, 0.15) is 11.9 Å². The van der Waals surface area contributed by atoms with Crippen molar-refractivity contribution in [3.8, 4) is 11.5 Å². The molecule has 8 nitrogen and oxygen atoms in total. The normalized spacial score (nSPS) is 16.3. The lowest BCUT2D eigenvalue weighted by atomic mass is 10.1. The zero-order valence-electron chi connectivity index (χ0n) is 20.8. The van der Waals surface area contributed by atoms with Gasteiger partial charge in [0.05, 0.1) is 29.8 Å². The number of nitrogens with zero attached hydrogens (tertiary/aromatic N) is 2. The Bertz CT molecular complexity index is 1330. The molecular formula is C26H30FN3O5S2. The maximum Gasteiger partial charge on any atom is 0.244 e. The van der Waals surface area contributed by atoms with Gasteiger partial charge in [-0.05, 0) is 68.1 Å². The number of aryl methyl sites for hydroxylation is 1. The predicted molar refractivity (Wildman–Crippen MR) is 139 cm³/mol. The van der Waals surface area contributed by atoms with E-state index in [-0.39, 0.29) is 17.3 Å². The number of amides is 1. The number of hydrogen-bond donors (Lipinski definition) is 1. The molecule has 0 aliphatic carbocycles. The third kappa shape index (κ3) is 6.46. The maximum absolute atomic E-state index is 13.7. The van der Waals surface area contributed by atoms with Crippen molar-refractivity contribution in [1.29, 1.82) is 0 Å². The average molecular weight is 548 g/mol. The molecule has 1 fully saturated rings. The molecule has 1 atom stereocenters. The minimum absolute atomic E-state index is 0.0610. The molecule has 1 saturated heterocycles. The van der Waals surface area contributed by atoms with E-state index in [1.54, 1.807) is 35.0 Å². The molecule has 1 amide bonds. The van der Waals surface area contributed by atoms with Gasteiger partial charge >= 0.3 is 0 Å². The van der Waals surface area contributed by atoms with Crippen molar-refractivity contribution in [2.45, 2.75) is 50.1 Å². The molecule has 1 aliphatic rings. The van der Waals surface area contributed by atoms with Gasteiger partial charge in [-0.2, -0.15) is 4.31 Å². The summed E-state index contributed by atoms with van der Waals surface area (Å²) in [6.45, 7) is 2.84. The minimum atomic E-state index is -4.11. The van der Waals surface area contributed by atoms with E-state index in [0.717, 1.165) is 29.1 Å². The first-order valence-corrected chi connectivity index (χ1v) is 14.4. The summed E-state index contributed by atoms with van der Waals surface area (Å²) in [5, 5.41) is 2.81. The molecule has 0 radical (unpaired) electrons. The van der Waals surface area contributed by atoms with Crippen molar-refractivity contribution < 1.29 is 27.1 Å². The van der Waals surface area contributed by atoms with Crippen molar-refractivity contribution in [2.24, 2.45) is 0 Å². The number of rotatable bonds is 10. The fraction of sp³-hybridized carbons (Fsp3) is 0.385. The van der Waals surface area contributed by atoms with E-state index in [9.17, 15) is 17.6 Å². The number of benzene rings is 2. The number of carbonyl (C=O) groups excluding carboxylic acids is 1. The van der Waals surface area contributed by atoms with Gasteiger partial charge in [-0.1, -0.05) is 6.07 Å². The van der Waals surface area contributed by atoms with Crippen LogP contribution >= 0.6 is 11.3 Å². The van der Waals surface area contributed by atoms with E-state index in [2.05, 4.69) is 10.3 Å². The SMILES string of the molecule is COc1cc(CN(C2CCCCNC2=O)S(=O)(=O)c2ccc(F)cc2)ccc1OCCc1scnc1C. The second-order valence-electron chi connectivity index (χ2n) is 8.75. The number of thiazole rings is 1. The van der Waals surface area contributed by atoms with Crippen molar-refractivity contribution >= 4 is 27.3 Å². The molecule has 0 spiro atoms. The Labute approximate surface area is 220 Å². The molecule has 0 bridgehead atoms. The smallest absolute Gasteiger partial charge is 0.244 e. The van der Waals surface area contributed by atoms with Gasteiger partial charge in [-0.15, -0.1) is 11.3 Å². The summed E-state index contributed by atoms with van der Waals surface area (Å²) in [7, 11) is -2.59. The predicted octanol–water partition coefficient (Wildman–Crippen LogP) is 4.08. The Kier molecular flexibility index (Phi) is 8.78. The van der Waals surface area contributed by atoms with Crippen LogP contribution < -0.4 is 14.8 Å². The standard InChI is InChI=1S/C26H30FN3O5S2/c1-18-25(36-17-29-18)12-14-35-23-11-6-19(15-24(23)34-2)16-30(22-5-3-4-13-28-26(22)31)37(32,33)21-9-7-20(27)8-10-21/h6-11,15,17,22H,3-5,12-14,16H2,1-2H3,(H,28,31). The van der Waals surface area contributed by atoms with Crippen LogP contribution in [0, 0.1) is 12.7 Å². The average Bonchev–Trinajstić information content (AvgIpc) is 3.17. The van der Waals surface area contributed by atoms with Crippen LogP contribution in [0.1, 0.15) is 35.4 Å². The van der Waals surface area contributed by atoms with Gasteiger partial charge in [0, 0.05) is 24.4 Å². The highest BCUT2D eigenvalue weighted by Crippen LogP contribution is 2.31. The fourth-order valence-electron chi connectivity index (χ4n) is 4.23. The number of methoxy groups -OCH3 is 1. The number of nitrogens with one attached hydrogen (secondary N) is 1. The molecule has 2 heterocycles. The van der Waals surface area contributed by atoms with E-state index in [1.807, 2.05) is 6.92 Å². The van der Waals surface area contributed by atoms with Gasteiger partial charge in [0.2, 0.25) is 15.9 Å². The lowest BCUT2D eigenvalue weighted by molar-refractivity contribution is -0.124. The first kappa shape index (κ1) is 27.0. The molecule has 198 valence electrons. The molecule has 4 rings (SSSR count). The number of aromatic nitrogens is 1. The van der Waals surface area contributed by atoms with Gasteiger partial charge in [-0.3, -0.25) is 4.79 Å². The molecule has 1 unspecified atom stereocenters. The third-order valence-corrected chi connectivity index (χ3v) is 9.14. The van der Waals surface area contributed by atoms with Crippen LogP contribution in [0.25, 0.3) is 0 Å². The van der Waals surface area contributed by atoms with Crippen LogP contribution in [0.3, 0.4) is 0 Å². The first-order valence-electron chi connectivity index (χ1n) is 12.0. The van der Waals surface area contributed by atoms with E-state index in [1.165, 1.54) is 23.5 Å². The topological polar surface area (TPSA) is 97.8 Å². The van der Waals surface area contributed by atoms with Crippen LogP contribution in [0.15, 0.2) is 52.9 Å².